The number of nitrogens with one attached hydrogen (secondary N) is 1. The van der Waals surface area contributed by atoms with Crippen molar-refractivity contribution in [3.63, 3.8) is 0 Å². The number of nitrogens with zero attached hydrogens (tertiary/aromatic N) is 4. The molecule has 2 heterocycles. The van der Waals surface area contributed by atoms with Crippen molar-refractivity contribution in [3.8, 4) is 5.69 Å². The highest BCUT2D eigenvalue weighted by Crippen LogP contribution is 2.15. The quantitative estimate of drug-likeness (QED) is 0.726. The fraction of sp³-hybridized carbons (Fsp3) is 0.133. The molecule has 0 fully saturated rings. The fourth-order valence-electron chi connectivity index (χ4n) is 2.12. The lowest BCUT2D eigenvalue weighted by atomic mass is 10.2. The van der Waals surface area contributed by atoms with Crippen LogP contribution in [0.1, 0.15) is 39.7 Å². The van der Waals surface area contributed by atoms with Crippen molar-refractivity contribution in [1.29, 1.82) is 0 Å². The average molecular weight is 327 g/mol. The molecule has 1 atom stereocenters. The first-order chi connectivity index (χ1) is 11.6. The molecule has 122 valence electrons. The van der Waals surface area contributed by atoms with Gasteiger partial charge in [0.25, 0.3) is 5.91 Å². The van der Waals surface area contributed by atoms with Crippen LogP contribution in [0.2, 0.25) is 0 Å². The number of benzene rings is 1. The maximum atomic E-state index is 12.2. The summed E-state index contributed by atoms with van der Waals surface area (Å²) in [6, 6.07) is 9.87. The van der Waals surface area contributed by atoms with Crippen molar-refractivity contribution in [1.82, 2.24) is 25.5 Å². The van der Waals surface area contributed by atoms with Crippen molar-refractivity contribution < 1.29 is 19.1 Å². The number of hydrogen-bond acceptors (Lipinski definition) is 6. The van der Waals surface area contributed by atoms with Gasteiger partial charge in [-0.1, -0.05) is 18.2 Å². The van der Waals surface area contributed by atoms with Gasteiger partial charge in [-0.2, -0.15) is 4.68 Å². The largest absolute Gasteiger partial charge is 0.478 e. The van der Waals surface area contributed by atoms with E-state index in [1.165, 1.54) is 4.68 Å². The molecule has 0 aliphatic heterocycles. The molecule has 9 nitrogen and oxygen atoms in total. The van der Waals surface area contributed by atoms with Gasteiger partial charge in [0.1, 0.15) is 6.26 Å². The maximum Gasteiger partial charge on any atom is 0.338 e. The summed E-state index contributed by atoms with van der Waals surface area (Å²) in [4.78, 5) is 23.0. The van der Waals surface area contributed by atoms with Crippen LogP contribution in [0, 0.1) is 0 Å². The van der Waals surface area contributed by atoms with Gasteiger partial charge in [0.2, 0.25) is 0 Å². The first-order valence-corrected chi connectivity index (χ1v) is 7.02. The zero-order chi connectivity index (χ0) is 17.1. The predicted molar refractivity (Wildman–Crippen MR) is 80.7 cm³/mol. The Hall–Kier alpha value is -3.49. The number of tetrazole rings is 1. The topological polar surface area (TPSA) is 123 Å². The molecule has 9 heteroatoms. The van der Waals surface area contributed by atoms with E-state index in [-0.39, 0.29) is 11.3 Å². The number of aromatic nitrogens is 4. The Bertz CT molecular complexity index is 871. The van der Waals surface area contributed by atoms with Gasteiger partial charge in [-0.3, -0.25) is 4.79 Å². The van der Waals surface area contributed by atoms with Crippen molar-refractivity contribution in [2.75, 3.05) is 0 Å². The molecular weight excluding hydrogens is 314 g/mol. The molecule has 3 aromatic rings. The van der Waals surface area contributed by atoms with Gasteiger partial charge in [-0.25, -0.2) is 4.79 Å². The van der Waals surface area contributed by atoms with Gasteiger partial charge >= 0.3 is 5.97 Å². The summed E-state index contributed by atoms with van der Waals surface area (Å²) in [5.41, 5.74) is 0.659. The lowest BCUT2D eigenvalue weighted by Gasteiger charge is -2.12. The highest BCUT2D eigenvalue weighted by molar-refractivity contribution is 5.95. The summed E-state index contributed by atoms with van der Waals surface area (Å²) in [7, 11) is 0. The molecule has 3 rings (SSSR count). The second kappa shape index (κ2) is 6.32. The molecule has 0 bridgehead atoms. The van der Waals surface area contributed by atoms with Crippen LogP contribution in [-0.2, 0) is 0 Å². The summed E-state index contributed by atoms with van der Waals surface area (Å²) in [5.74, 6) is -1.39. The molecule has 1 amide bonds. The third-order valence-corrected chi connectivity index (χ3v) is 3.30. The third-order valence-electron chi connectivity index (χ3n) is 3.30. The van der Waals surface area contributed by atoms with Crippen LogP contribution >= 0.6 is 0 Å². The van der Waals surface area contributed by atoms with E-state index in [1.807, 2.05) is 30.3 Å². The van der Waals surface area contributed by atoms with E-state index in [0.29, 0.717) is 5.82 Å². The Labute approximate surface area is 135 Å². The third kappa shape index (κ3) is 3.00. The van der Waals surface area contributed by atoms with Crippen LogP contribution in [0.5, 0.6) is 0 Å². The van der Waals surface area contributed by atoms with Crippen LogP contribution in [0.4, 0.5) is 0 Å². The van der Waals surface area contributed by atoms with E-state index in [4.69, 9.17) is 9.52 Å². The van der Waals surface area contributed by atoms with E-state index < -0.39 is 17.9 Å². The molecule has 0 aliphatic rings. The van der Waals surface area contributed by atoms with Crippen LogP contribution in [0.3, 0.4) is 0 Å². The van der Waals surface area contributed by atoms with Gasteiger partial charge in [0.05, 0.1) is 17.3 Å². The van der Waals surface area contributed by atoms with E-state index in [0.717, 1.165) is 18.0 Å². The van der Waals surface area contributed by atoms with Crippen LogP contribution in [-0.4, -0.2) is 37.2 Å². The molecule has 0 saturated heterocycles. The number of furan rings is 1. The highest BCUT2D eigenvalue weighted by Gasteiger charge is 2.21. The summed E-state index contributed by atoms with van der Waals surface area (Å²) >= 11 is 0. The fourth-order valence-corrected chi connectivity index (χ4v) is 2.12. The molecule has 0 radical (unpaired) electrons. The Kier molecular flexibility index (Phi) is 4.06. The Balaban J connectivity index is 1.78. The van der Waals surface area contributed by atoms with Crippen LogP contribution in [0.15, 0.2) is 47.1 Å². The number of aromatic carboxylic acids is 1. The lowest BCUT2D eigenvalue weighted by molar-refractivity contribution is 0.0695. The monoisotopic (exact) mass is 327 g/mol. The molecule has 0 saturated carbocycles. The van der Waals surface area contributed by atoms with Crippen molar-refractivity contribution in [3.05, 3.63) is 59.8 Å². The van der Waals surface area contributed by atoms with Gasteiger partial charge in [0.15, 0.2) is 11.6 Å². The number of carbonyl (C=O) groups is 2. The summed E-state index contributed by atoms with van der Waals surface area (Å²) < 4.78 is 6.48. The highest BCUT2D eigenvalue weighted by atomic mass is 16.4. The molecule has 2 aromatic heterocycles. The van der Waals surface area contributed by atoms with Crippen molar-refractivity contribution >= 4 is 11.9 Å². The summed E-state index contributed by atoms with van der Waals surface area (Å²) in [5, 5.41) is 23.0. The normalized spacial score (nSPS) is 11.9. The van der Waals surface area contributed by atoms with Crippen LogP contribution < -0.4 is 5.32 Å². The van der Waals surface area contributed by atoms with E-state index >= 15 is 0 Å². The molecule has 1 unspecified atom stereocenters. The van der Waals surface area contributed by atoms with Gasteiger partial charge in [-0.05, 0) is 29.5 Å². The molecule has 24 heavy (non-hydrogen) atoms. The number of rotatable bonds is 5. The average Bonchev–Trinajstić information content (AvgIpc) is 3.25. The van der Waals surface area contributed by atoms with Crippen molar-refractivity contribution in [2.45, 2.75) is 13.0 Å². The summed E-state index contributed by atoms with van der Waals surface area (Å²) in [6.45, 7) is 1.71. The number of hydrogen-bond donors (Lipinski definition) is 2. The predicted octanol–water partition coefficient (Wildman–Crippen LogP) is 1.44. The molecule has 0 aliphatic carbocycles. The number of carbonyl (C=O) groups excluding carboxylic acids is 1. The second-order valence-electron chi connectivity index (χ2n) is 4.98. The number of amides is 1. The van der Waals surface area contributed by atoms with E-state index in [9.17, 15) is 9.59 Å². The van der Waals surface area contributed by atoms with E-state index in [1.54, 1.807) is 6.92 Å². The van der Waals surface area contributed by atoms with Gasteiger partial charge < -0.3 is 14.8 Å². The van der Waals surface area contributed by atoms with Crippen LogP contribution in [0.25, 0.3) is 5.69 Å². The van der Waals surface area contributed by atoms with Gasteiger partial charge in [0, 0.05) is 6.07 Å². The standard InChI is InChI=1S/C15H13N5O4/c1-9(16-14(21)12-7-10(8-24-12)15(22)23)13-17-18-19-20(13)11-5-3-2-4-6-11/h2-9H,1H3,(H,16,21)(H,22,23). The number of carboxylic acids is 1. The molecule has 0 spiro atoms. The Morgan fingerprint density at radius 1 is 1.29 bits per heavy atom. The Morgan fingerprint density at radius 3 is 2.71 bits per heavy atom. The smallest absolute Gasteiger partial charge is 0.338 e. The van der Waals surface area contributed by atoms with E-state index in [2.05, 4.69) is 20.8 Å². The van der Waals surface area contributed by atoms with Gasteiger partial charge in [-0.15, -0.1) is 5.10 Å². The molecule has 2 N–H and O–H groups in total. The molecule has 1 aromatic carbocycles. The first kappa shape index (κ1) is 15.4. The Morgan fingerprint density at radius 2 is 2.04 bits per heavy atom. The zero-order valence-electron chi connectivity index (χ0n) is 12.6. The second-order valence-corrected chi connectivity index (χ2v) is 4.98. The van der Waals surface area contributed by atoms with Crippen molar-refractivity contribution in [2.24, 2.45) is 0 Å². The summed E-state index contributed by atoms with van der Waals surface area (Å²) in [6.07, 6.45) is 1.01. The zero-order valence-corrected chi connectivity index (χ0v) is 12.6. The number of carboxylic acid groups (broad SMARTS) is 1. The first-order valence-electron chi connectivity index (χ1n) is 7.02. The molecular formula is C15H13N5O4. The SMILES string of the molecule is CC(NC(=O)c1cc(C(=O)O)co1)c1nnnn1-c1ccccc1. The maximum absolute atomic E-state index is 12.2. The number of para-hydroxylation sites is 1. The minimum Gasteiger partial charge on any atom is -0.478 e. The minimum atomic E-state index is -1.17. The lowest BCUT2D eigenvalue weighted by Crippen LogP contribution is -2.28. The minimum absolute atomic E-state index is 0.0954.